The molecule has 2 N–H and O–H groups in total. The molecule has 1 aliphatic heterocycles. The zero-order valence-electron chi connectivity index (χ0n) is 15.6. The largest absolute Gasteiger partial charge is 0.392 e. The molecule has 0 spiro atoms. The van der Waals surface area contributed by atoms with E-state index in [0.29, 0.717) is 30.7 Å². The molecular weight excluding hydrogens is 394 g/mol. The second-order valence-electron chi connectivity index (χ2n) is 6.96. The first-order valence-electron chi connectivity index (χ1n) is 9.27. The van der Waals surface area contributed by atoms with Crippen LogP contribution < -0.4 is 5.32 Å². The Kier molecular flexibility index (Phi) is 5.31. The van der Waals surface area contributed by atoms with Crippen molar-refractivity contribution in [3.63, 3.8) is 0 Å². The molecule has 2 aromatic heterocycles. The van der Waals surface area contributed by atoms with Gasteiger partial charge in [0.25, 0.3) is 5.91 Å². The van der Waals surface area contributed by atoms with E-state index in [2.05, 4.69) is 15.3 Å². The minimum absolute atomic E-state index is 0.120. The van der Waals surface area contributed by atoms with E-state index in [4.69, 9.17) is 0 Å². The topological polar surface area (TPSA) is 117 Å². The average Bonchev–Trinajstić information content (AvgIpc) is 3.20. The number of carbonyl (C=O) groups is 1. The number of aliphatic hydroxyl groups excluding tert-OH is 1. The lowest BCUT2D eigenvalue weighted by molar-refractivity contribution is 0.0950. The van der Waals surface area contributed by atoms with E-state index in [1.54, 1.807) is 35.1 Å². The van der Waals surface area contributed by atoms with Crippen LogP contribution in [0.25, 0.3) is 5.78 Å². The molecule has 0 bridgehead atoms. The van der Waals surface area contributed by atoms with Gasteiger partial charge in [0, 0.05) is 44.4 Å². The summed E-state index contributed by atoms with van der Waals surface area (Å²) in [6, 6.07) is 6.39. The van der Waals surface area contributed by atoms with Crippen LogP contribution in [0.5, 0.6) is 0 Å². The first-order valence-corrected chi connectivity index (χ1v) is 10.7. The molecule has 1 aliphatic rings. The van der Waals surface area contributed by atoms with Crippen molar-refractivity contribution >= 4 is 21.7 Å². The molecule has 0 saturated carbocycles. The number of benzene rings is 1. The van der Waals surface area contributed by atoms with Crippen molar-refractivity contribution in [2.24, 2.45) is 0 Å². The van der Waals surface area contributed by atoms with E-state index in [1.165, 1.54) is 22.6 Å². The number of nitrogens with one attached hydrogen (secondary N) is 1. The normalized spacial score (nSPS) is 18.0. The van der Waals surface area contributed by atoms with Crippen molar-refractivity contribution in [1.82, 2.24) is 24.0 Å². The summed E-state index contributed by atoms with van der Waals surface area (Å²) in [6.07, 6.45) is 7.06. The molecule has 1 atom stereocenters. The van der Waals surface area contributed by atoms with Crippen LogP contribution in [0.3, 0.4) is 0 Å². The fourth-order valence-electron chi connectivity index (χ4n) is 3.29. The summed E-state index contributed by atoms with van der Waals surface area (Å²) in [7, 11) is -3.63. The molecule has 1 fully saturated rings. The zero-order chi connectivity index (χ0) is 20.4. The molecule has 3 aromatic rings. The van der Waals surface area contributed by atoms with Crippen LogP contribution in [0.1, 0.15) is 28.8 Å². The summed E-state index contributed by atoms with van der Waals surface area (Å²) in [4.78, 5) is 20.7. The Hall–Kier alpha value is -2.82. The zero-order valence-corrected chi connectivity index (χ0v) is 16.4. The summed E-state index contributed by atoms with van der Waals surface area (Å²) in [5.74, 6) is 0.228. The van der Waals surface area contributed by atoms with Gasteiger partial charge < -0.3 is 10.4 Å². The van der Waals surface area contributed by atoms with Gasteiger partial charge in [-0.1, -0.05) is 12.1 Å². The van der Waals surface area contributed by atoms with Crippen LogP contribution in [0, 0.1) is 0 Å². The molecule has 1 amide bonds. The second kappa shape index (κ2) is 7.90. The van der Waals surface area contributed by atoms with Crippen LogP contribution in [0.2, 0.25) is 0 Å². The monoisotopic (exact) mass is 415 g/mol. The molecule has 1 aromatic carbocycles. The first-order chi connectivity index (χ1) is 13.9. The van der Waals surface area contributed by atoms with Crippen LogP contribution >= 0.6 is 0 Å². The molecule has 1 unspecified atom stereocenters. The molecule has 152 valence electrons. The number of carbonyl (C=O) groups excluding carboxylic acids is 1. The number of amides is 1. The number of rotatable bonds is 5. The highest BCUT2D eigenvalue weighted by atomic mass is 32.2. The summed E-state index contributed by atoms with van der Waals surface area (Å²) in [5.41, 5.74) is 1.17. The van der Waals surface area contributed by atoms with Gasteiger partial charge in [-0.15, -0.1) is 0 Å². The summed E-state index contributed by atoms with van der Waals surface area (Å²) in [5, 5.41) is 12.5. The van der Waals surface area contributed by atoms with E-state index in [1.807, 2.05) is 0 Å². The van der Waals surface area contributed by atoms with Gasteiger partial charge in [0.05, 0.1) is 16.6 Å². The predicted molar refractivity (Wildman–Crippen MR) is 105 cm³/mol. The van der Waals surface area contributed by atoms with Gasteiger partial charge in [0.1, 0.15) is 0 Å². The maximum atomic E-state index is 12.7. The molecule has 10 heteroatoms. The van der Waals surface area contributed by atoms with Gasteiger partial charge in [0.15, 0.2) is 0 Å². The van der Waals surface area contributed by atoms with Crippen molar-refractivity contribution in [2.75, 3.05) is 13.1 Å². The lowest BCUT2D eigenvalue weighted by Gasteiger charge is -2.29. The predicted octanol–water partition coefficient (Wildman–Crippen LogP) is 0.805. The molecule has 4 rings (SSSR count). The molecule has 1 saturated heterocycles. The molecule has 0 radical (unpaired) electrons. The highest BCUT2D eigenvalue weighted by Crippen LogP contribution is 2.21. The highest BCUT2D eigenvalue weighted by molar-refractivity contribution is 7.89. The Morgan fingerprint density at radius 1 is 1.24 bits per heavy atom. The van der Waals surface area contributed by atoms with E-state index >= 15 is 0 Å². The van der Waals surface area contributed by atoms with Crippen LogP contribution in [0.4, 0.5) is 0 Å². The maximum Gasteiger partial charge on any atom is 0.254 e. The van der Waals surface area contributed by atoms with Gasteiger partial charge in [-0.3, -0.25) is 9.20 Å². The lowest BCUT2D eigenvalue weighted by atomic mass is 10.1. The Morgan fingerprint density at radius 2 is 2.03 bits per heavy atom. The van der Waals surface area contributed by atoms with Gasteiger partial charge in [-0.25, -0.2) is 18.4 Å². The molecule has 0 aliphatic carbocycles. The Bertz CT molecular complexity index is 1130. The highest BCUT2D eigenvalue weighted by Gasteiger charge is 2.29. The third-order valence-electron chi connectivity index (χ3n) is 4.88. The number of imidazole rings is 1. The third-order valence-corrected chi connectivity index (χ3v) is 6.76. The molecular formula is C19H21N5O4S. The molecule has 9 nitrogen and oxygen atoms in total. The summed E-state index contributed by atoms with van der Waals surface area (Å²) < 4.78 is 28.4. The van der Waals surface area contributed by atoms with Crippen molar-refractivity contribution in [2.45, 2.75) is 30.4 Å². The molecule has 3 heterocycles. The van der Waals surface area contributed by atoms with Crippen molar-refractivity contribution in [3.05, 3.63) is 60.2 Å². The van der Waals surface area contributed by atoms with E-state index < -0.39 is 16.1 Å². The van der Waals surface area contributed by atoms with E-state index in [9.17, 15) is 18.3 Å². The van der Waals surface area contributed by atoms with E-state index in [0.717, 1.165) is 5.56 Å². The van der Waals surface area contributed by atoms with Gasteiger partial charge in [0.2, 0.25) is 15.8 Å². The quantitative estimate of drug-likeness (QED) is 0.637. The maximum absolute atomic E-state index is 12.7. The minimum Gasteiger partial charge on any atom is -0.392 e. The van der Waals surface area contributed by atoms with Gasteiger partial charge >= 0.3 is 0 Å². The van der Waals surface area contributed by atoms with Gasteiger partial charge in [-0.05, 0) is 30.5 Å². The standard InChI is InChI=1S/C19H21N5O4S/c25-16-2-1-8-24(13-16)29(27,28)17-5-3-14(4-6-17)10-21-18(26)15-11-22-19-20-7-9-23(19)12-15/h3-7,9,11-12,16,25H,1-2,8,10,13H2,(H,21,26). The summed E-state index contributed by atoms with van der Waals surface area (Å²) in [6.45, 7) is 0.783. The number of hydrogen-bond donors (Lipinski definition) is 2. The van der Waals surface area contributed by atoms with E-state index in [-0.39, 0.29) is 23.9 Å². The minimum atomic E-state index is -3.63. The van der Waals surface area contributed by atoms with Crippen molar-refractivity contribution in [3.8, 4) is 0 Å². The summed E-state index contributed by atoms with van der Waals surface area (Å²) >= 11 is 0. The first kappa shape index (κ1) is 19.5. The number of aliphatic hydroxyl groups is 1. The average molecular weight is 415 g/mol. The Morgan fingerprint density at radius 3 is 2.79 bits per heavy atom. The Balaban J connectivity index is 1.40. The number of hydrogen-bond acceptors (Lipinski definition) is 6. The number of sulfonamides is 1. The SMILES string of the molecule is O=C(NCc1ccc(S(=O)(=O)N2CCCC(O)C2)cc1)c1cnc2nccn2c1. The second-order valence-corrected chi connectivity index (χ2v) is 8.90. The third kappa shape index (κ3) is 4.14. The fraction of sp³-hybridized carbons (Fsp3) is 0.316. The van der Waals surface area contributed by atoms with Crippen LogP contribution in [-0.4, -0.2) is 57.3 Å². The number of aromatic nitrogens is 3. The number of piperidine rings is 1. The van der Waals surface area contributed by atoms with Gasteiger partial charge in [-0.2, -0.15) is 4.31 Å². The van der Waals surface area contributed by atoms with Crippen molar-refractivity contribution < 1.29 is 18.3 Å². The number of nitrogens with zero attached hydrogens (tertiary/aromatic N) is 4. The van der Waals surface area contributed by atoms with Crippen molar-refractivity contribution in [1.29, 1.82) is 0 Å². The number of β-amino-alcohol motifs (C(OH)–C–C–N with tert-alkyl or cyclic N) is 1. The molecule has 29 heavy (non-hydrogen) atoms. The van der Waals surface area contributed by atoms with Crippen LogP contribution in [0.15, 0.2) is 53.9 Å². The lowest BCUT2D eigenvalue weighted by Crippen LogP contribution is -2.42. The number of fused-ring (bicyclic) bond motifs is 1. The fourth-order valence-corrected chi connectivity index (χ4v) is 4.80. The smallest absolute Gasteiger partial charge is 0.254 e. The van der Waals surface area contributed by atoms with Crippen LogP contribution in [-0.2, 0) is 16.6 Å². The Labute approximate surface area is 168 Å².